The molecule has 1 saturated heterocycles. The second-order valence-electron chi connectivity index (χ2n) is 4.57. The Labute approximate surface area is 83.4 Å². The molecule has 0 aromatic carbocycles. The topological polar surface area (TPSA) is 24.9 Å². The fourth-order valence-corrected chi connectivity index (χ4v) is 2.75. The minimum absolute atomic E-state index is 0.425. The molecule has 13 heavy (non-hydrogen) atoms. The first kappa shape index (κ1) is 9.16. The van der Waals surface area contributed by atoms with Crippen molar-refractivity contribution in [3.05, 3.63) is 16.6 Å². The normalized spacial score (nSPS) is 27.4. The molecule has 1 aromatic rings. The minimum Gasteiger partial charge on any atom is -0.316 e. The molecule has 2 rings (SSSR count). The Bertz CT molecular complexity index is 266. The quantitative estimate of drug-likeness (QED) is 0.745. The summed E-state index contributed by atoms with van der Waals surface area (Å²) in [7, 11) is 0. The molecule has 1 aromatic heterocycles. The van der Waals surface area contributed by atoms with Crippen LogP contribution >= 0.6 is 11.3 Å². The number of rotatable bonds is 1. The number of aromatic nitrogens is 1. The summed E-state index contributed by atoms with van der Waals surface area (Å²) >= 11 is 1.78. The molecule has 1 fully saturated rings. The lowest BCUT2D eigenvalue weighted by atomic mass is 9.80. The van der Waals surface area contributed by atoms with Gasteiger partial charge in [0.15, 0.2) is 0 Å². The van der Waals surface area contributed by atoms with E-state index in [2.05, 4.69) is 29.5 Å². The van der Waals surface area contributed by atoms with Crippen molar-refractivity contribution in [3.8, 4) is 0 Å². The van der Waals surface area contributed by atoms with E-state index >= 15 is 0 Å². The fourth-order valence-electron chi connectivity index (χ4n) is 2.01. The van der Waals surface area contributed by atoms with Crippen molar-refractivity contribution in [1.82, 2.24) is 10.3 Å². The van der Waals surface area contributed by atoms with Crippen molar-refractivity contribution in [2.45, 2.75) is 26.2 Å². The Morgan fingerprint density at radius 3 is 3.08 bits per heavy atom. The van der Waals surface area contributed by atoms with Gasteiger partial charge >= 0.3 is 0 Å². The van der Waals surface area contributed by atoms with Crippen LogP contribution in [0, 0.1) is 5.41 Å². The Balaban J connectivity index is 2.09. The number of thiazole rings is 1. The SMILES string of the molecule is CC1(C)CNCC(c2nccs2)C1. The molecule has 0 saturated carbocycles. The number of hydrogen-bond acceptors (Lipinski definition) is 3. The first-order valence-electron chi connectivity index (χ1n) is 4.77. The lowest BCUT2D eigenvalue weighted by molar-refractivity contribution is 0.239. The summed E-state index contributed by atoms with van der Waals surface area (Å²) in [6.07, 6.45) is 3.16. The molecule has 1 unspecified atom stereocenters. The largest absolute Gasteiger partial charge is 0.316 e. The Morgan fingerprint density at radius 1 is 1.62 bits per heavy atom. The van der Waals surface area contributed by atoms with E-state index in [0.29, 0.717) is 11.3 Å². The van der Waals surface area contributed by atoms with E-state index in [1.807, 2.05) is 6.20 Å². The van der Waals surface area contributed by atoms with Gasteiger partial charge in [-0.25, -0.2) is 4.98 Å². The van der Waals surface area contributed by atoms with E-state index in [1.165, 1.54) is 11.4 Å². The van der Waals surface area contributed by atoms with Crippen LogP contribution in [0.1, 0.15) is 31.2 Å². The van der Waals surface area contributed by atoms with Crippen LogP contribution in [0.15, 0.2) is 11.6 Å². The highest BCUT2D eigenvalue weighted by Gasteiger charge is 2.29. The van der Waals surface area contributed by atoms with E-state index in [9.17, 15) is 0 Å². The maximum atomic E-state index is 4.38. The summed E-state index contributed by atoms with van der Waals surface area (Å²) in [5, 5.41) is 6.84. The summed E-state index contributed by atoms with van der Waals surface area (Å²) in [5.74, 6) is 0.628. The molecule has 1 aliphatic rings. The van der Waals surface area contributed by atoms with Crippen LogP contribution in [0.25, 0.3) is 0 Å². The molecule has 0 aliphatic carbocycles. The third-order valence-corrected chi connectivity index (χ3v) is 3.53. The zero-order valence-electron chi connectivity index (χ0n) is 8.21. The van der Waals surface area contributed by atoms with Crippen LogP contribution in [0.3, 0.4) is 0 Å². The summed E-state index contributed by atoms with van der Waals surface area (Å²) in [6.45, 7) is 6.87. The van der Waals surface area contributed by atoms with Gasteiger partial charge in [0.2, 0.25) is 0 Å². The van der Waals surface area contributed by atoms with Crippen molar-refractivity contribution in [3.63, 3.8) is 0 Å². The van der Waals surface area contributed by atoms with Crippen LogP contribution in [-0.2, 0) is 0 Å². The first-order valence-corrected chi connectivity index (χ1v) is 5.65. The predicted molar refractivity (Wildman–Crippen MR) is 56.1 cm³/mol. The maximum absolute atomic E-state index is 4.38. The van der Waals surface area contributed by atoms with E-state index in [0.717, 1.165) is 13.1 Å². The van der Waals surface area contributed by atoms with Crippen LogP contribution in [0.5, 0.6) is 0 Å². The fraction of sp³-hybridized carbons (Fsp3) is 0.700. The van der Waals surface area contributed by atoms with E-state index in [-0.39, 0.29) is 0 Å². The number of nitrogens with zero attached hydrogens (tertiary/aromatic N) is 1. The van der Waals surface area contributed by atoms with Gasteiger partial charge < -0.3 is 5.32 Å². The van der Waals surface area contributed by atoms with Crippen molar-refractivity contribution in [2.24, 2.45) is 5.41 Å². The minimum atomic E-state index is 0.425. The van der Waals surface area contributed by atoms with Gasteiger partial charge in [0.1, 0.15) is 0 Å². The Kier molecular flexibility index (Phi) is 2.39. The summed E-state index contributed by atoms with van der Waals surface area (Å²) in [6, 6.07) is 0. The van der Waals surface area contributed by atoms with Crippen molar-refractivity contribution < 1.29 is 0 Å². The monoisotopic (exact) mass is 196 g/mol. The van der Waals surface area contributed by atoms with Crippen molar-refractivity contribution >= 4 is 11.3 Å². The van der Waals surface area contributed by atoms with Crippen molar-refractivity contribution in [1.29, 1.82) is 0 Å². The Morgan fingerprint density at radius 2 is 2.46 bits per heavy atom. The van der Waals surface area contributed by atoms with Gasteiger partial charge in [-0.3, -0.25) is 0 Å². The molecule has 1 aliphatic heterocycles. The van der Waals surface area contributed by atoms with Crippen molar-refractivity contribution in [2.75, 3.05) is 13.1 Å². The molecule has 0 radical (unpaired) electrons. The highest BCUT2D eigenvalue weighted by Crippen LogP contribution is 2.34. The number of nitrogens with one attached hydrogen (secondary N) is 1. The van der Waals surface area contributed by atoms with Crippen LogP contribution < -0.4 is 5.32 Å². The lowest BCUT2D eigenvalue weighted by Crippen LogP contribution is -2.40. The molecular formula is C10H16N2S. The third kappa shape index (κ3) is 2.09. The molecule has 3 heteroatoms. The molecule has 2 nitrogen and oxygen atoms in total. The van der Waals surface area contributed by atoms with E-state index < -0.39 is 0 Å². The summed E-state index contributed by atoms with van der Waals surface area (Å²) in [5.41, 5.74) is 0.425. The molecule has 1 atom stereocenters. The predicted octanol–water partition coefficient (Wildman–Crippen LogP) is 2.25. The van der Waals surface area contributed by atoms with Gasteiger partial charge in [-0.2, -0.15) is 0 Å². The lowest BCUT2D eigenvalue weighted by Gasteiger charge is -2.34. The molecule has 0 amide bonds. The summed E-state index contributed by atoms with van der Waals surface area (Å²) in [4.78, 5) is 4.38. The average Bonchev–Trinajstić information content (AvgIpc) is 2.53. The number of piperidine rings is 1. The molecule has 72 valence electrons. The van der Waals surface area contributed by atoms with Gasteiger partial charge in [0.25, 0.3) is 0 Å². The van der Waals surface area contributed by atoms with Gasteiger partial charge in [0.05, 0.1) is 5.01 Å². The van der Waals surface area contributed by atoms with E-state index in [1.54, 1.807) is 11.3 Å². The molecule has 0 spiro atoms. The molecule has 0 bridgehead atoms. The molecule has 2 heterocycles. The van der Waals surface area contributed by atoms with Crippen LogP contribution in [0.4, 0.5) is 0 Å². The second-order valence-corrected chi connectivity index (χ2v) is 5.49. The first-order chi connectivity index (χ1) is 6.17. The third-order valence-electron chi connectivity index (χ3n) is 2.59. The average molecular weight is 196 g/mol. The highest BCUT2D eigenvalue weighted by molar-refractivity contribution is 7.09. The maximum Gasteiger partial charge on any atom is 0.0968 e. The number of hydrogen-bond donors (Lipinski definition) is 1. The van der Waals surface area contributed by atoms with Crippen LogP contribution in [0.2, 0.25) is 0 Å². The van der Waals surface area contributed by atoms with Gasteiger partial charge in [-0.15, -0.1) is 11.3 Å². The van der Waals surface area contributed by atoms with Crippen LogP contribution in [-0.4, -0.2) is 18.1 Å². The molecule has 1 N–H and O–H groups in total. The van der Waals surface area contributed by atoms with Gasteiger partial charge in [0, 0.05) is 30.6 Å². The zero-order chi connectivity index (χ0) is 9.31. The molecular weight excluding hydrogens is 180 g/mol. The Hall–Kier alpha value is -0.410. The summed E-state index contributed by atoms with van der Waals surface area (Å²) < 4.78 is 0. The van der Waals surface area contributed by atoms with Gasteiger partial charge in [-0.05, 0) is 11.8 Å². The van der Waals surface area contributed by atoms with Gasteiger partial charge in [-0.1, -0.05) is 13.8 Å². The smallest absolute Gasteiger partial charge is 0.0968 e. The zero-order valence-corrected chi connectivity index (χ0v) is 9.03. The highest BCUT2D eigenvalue weighted by atomic mass is 32.1. The second kappa shape index (κ2) is 3.39. The van der Waals surface area contributed by atoms with E-state index in [4.69, 9.17) is 0 Å². The standard InChI is InChI=1S/C10H16N2S/c1-10(2)5-8(6-11-7-10)9-12-3-4-13-9/h3-4,8,11H,5-7H2,1-2H3.